The molecule has 0 unspecified atom stereocenters. The molecule has 0 aliphatic heterocycles. The molecule has 1 amide bonds. The third-order valence-corrected chi connectivity index (χ3v) is 5.39. The van der Waals surface area contributed by atoms with Crippen molar-refractivity contribution >= 4 is 45.9 Å². The van der Waals surface area contributed by atoms with Crippen molar-refractivity contribution in [3.8, 4) is 5.75 Å². The van der Waals surface area contributed by atoms with Gasteiger partial charge in [0.2, 0.25) is 0 Å². The first-order valence-electron chi connectivity index (χ1n) is 8.97. The second-order valence-electron chi connectivity index (χ2n) is 6.42. The molecule has 0 bridgehead atoms. The second-order valence-corrected chi connectivity index (χ2v) is 7.57. The van der Waals surface area contributed by atoms with Gasteiger partial charge in [0, 0.05) is 40.5 Å². The van der Waals surface area contributed by atoms with Crippen LogP contribution in [0.4, 0.5) is 17.1 Å². The van der Waals surface area contributed by atoms with Crippen LogP contribution in [0.25, 0.3) is 0 Å². The fraction of sp³-hybridized carbons (Fsp3) is 0.190. The lowest BCUT2D eigenvalue weighted by Gasteiger charge is -2.13. The number of thiophene rings is 1. The molecule has 0 saturated carbocycles. The summed E-state index contributed by atoms with van der Waals surface area (Å²) in [6.45, 7) is 2.69. The molecule has 152 valence electrons. The number of nitrogens with two attached hydrogens (primary N) is 1. The lowest BCUT2D eigenvalue weighted by atomic mass is 10.1. The first-order valence-corrected chi connectivity index (χ1v) is 10.3. The summed E-state index contributed by atoms with van der Waals surface area (Å²) >= 11 is 7.74. The summed E-state index contributed by atoms with van der Waals surface area (Å²) in [6.07, 6.45) is 0. The number of hydrogen-bond acceptors (Lipinski definition) is 6. The van der Waals surface area contributed by atoms with Gasteiger partial charge in [0.25, 0.3) is 5.91 Å². The molecule has 3 rings (SSSR count). The Morgan fingerprint density at radius 3 is 2.76 bits per heavy atom. The highest BCUT2D eigenvalue weighted by Gasteiger charge is 2.11. The maximum absolute atomic E-state index is 12.6. The third-order valence-electron chi connectivity index (χ3n) is 4.26. The largest absolute Gasteiger partial charge is 0.488 e. The number of nitrogen functional groups attached to an aromatic ring is 1. The number of aliphatic hydroxyl groups is 1. The van der Waals surface area contributed by atoms with Crippen molar-refractivity contribution in [2.45, 2.75) is 13.5 Å². The Balaban J connectivity index is 1.68. The van der Waals surface area contributed by atoms with Gasteiger partial charge in [-0.2, -0.15) is 0 Å². The molecule has 29 heavy (non-hydrogen) atoms. The molecule has 5 N–H and O–H groups in total. The molecule has 0 atom stereocenters. The van der Waals surface area contributed by atoms with E-state index in [1.165, 1.54) is 11.3 Å². The normalized spacial score (nSPS) is 10.6. The number of aliphatic hydroxyl groups excluding tert-OH is 1. The second kappa shape index (κ2) is 9.65. The molecular formula is C21H22ClN3O3S. The Morgan fingerprint density at radius 1 is 1.24 bits per heavy atom. The average molecular weight is 432 g/mol. The summed E-state index contributed by atoms with van der Waals surface area (Å²) in [6, 6.07) is 10.5. The fourth-order valence-electron chi connectivity index (χ4n) is 2.63. The van der Waals surface area contributed by atoms with Crippen LogP contribution in [0.5, 0.6) is 5.75 Å². The Hall–Kier alpha value is -2.74. The van der Waals surface area contributed by atoms with E-state index in [9.17, 15) is 4.79 Å². The highest BCUT2D eigenvalue weighted by Crippen LogP contribution is 2.27. The van der Waals surface area contributed by atoms with Gasteiger partial charge in [-0.05, 0) is 42.1 Å². The zero-order valence-electron chi connectivity index (χ0n) is 15.9. The monoisotopic (exact) mass is 431 g/mol. The molecule has 8 heteroatoms. The summed E-state index contributed by atoms with van der Waals surface area (Å²) < 4.78 is 5.89. The van der Waals surface area contributed by atoms with E-state index in [0.717, 1.165) is 11.1 Å². The van der Waals surface area contributed by atoms with Gasteiger partial charge in [0.1, 0.15) is 12.4 Å². The summed E-state index contributed by atoms with van der Waals surface area (Å²) in [5.74, 6) is 0.396. The van der Waals surface area contributed by atoms with Gasteiger partial charge in [-0.3, -0.25) is 4.79 Å². The van der Waals surface area contributed by atoms with Crippen LogP contribution in [-0.4, -0.2) is 24.2 Å². The first-order chi connectivity index (χ1) is 14.0. The van der Waals surface area contributed by atoms with Gasteiger partial charge in [-0.15, -0.1) is 11.3 Å². The van der Waals surface area contributed by atoms with E-state index in [0.29, 0.717) is 46.5 Å². The maximum Gasteiger partial charge on any atom is 0.255 e. The number of carbonyl (C=O) groups is 1. The molecular weight excluding hydrogens is 410 g/mol. The molecule has 0 aliphatic carbocycles. The summed E-state index contributed by atoms with van der Waals surface area (Å²) in [5.41, 5.74) is 10.2. The summed E-state index contributed by atoms with van der Waals surface area (Å²) in [5, 5.41) is 19.0. The van der Waals surface area contributed by atoms with Crippen molar-refractivity contribution in [3.05, 3.63) is 68.9 Å². The zero-order chi connectivity index (χ0) is 20.8. The van der Waals surface area contributed by atoms with Gasteiger partial charge in [-0.1, -0.05) is 17.7 Å². The first kappa shape index (κ1) is 21.0. The number of hydrogen-bond donors (Lipinski definition) is 4. The van der Waals surface area contributed by atoms with Crippen LogP contribution in [-0.2, 0) is 6.61 Å². The number of rotatable bonds is 8. The molecule has 6 nitrogen and oxygen atoms in total. The molecule has 0 saturated heterocycles. The summed E-state index contributed by atoms with van der Waals surface area (Å²) in [7, 11) is 0. The number of carbonyl (C=O) groups excluding carboxylic acids is 1. The van der Waals surface area contributed by atoms with Crippen LogP contribution in [0.3, 0.4) is 0 Å². The smallest absolute Gasteiger partial charge is 0.255 e. The number of halogens is 1. The molecule has 1 heterocycles. The summed E-state index contributed by atoms with van der Waals surface area (Å²) in [4.78, 5) is 12.6. The number of aryl methyl sites for hydroxylation is 1. The van der Waals surface area contributed by atoms with Gasteiger partial charge >= 0.3 is 0 Å². The van der Waals surface area contributed by atoms with E-state index in [4.69, 9.17) is 27.2 Å². The van der Waals surface area contributed by atoms with Crippen molar-refractivity contribution in [2.24, 2.45) is 0 Å². The molecule has 0 radical (unpaired) electrons. The standard InChI is InChI=1S/C21H22ClN3O3S/c1-13-2-4-16(9-20(13)28-10-15-11-29-12-18(15)23)25-21(27)14-3-5-19(17(22)8-14)24-6-7-26/h2-5,8-9,11-12,24,26H,6-7,10,23H2,1H3,(H,25,27). The van der Waals surface area contributed by atoms with E-state index in [1.54, 1.807) is 24.3 Å². The number of benzene rings is 2. The lowest BCUT2D eigenvalue weighted by molar-refractivity contribution is 0.102. The minimum Gasteiger partial charge on any atom is -0.488 e. The van der Waals surface area contributed by atoms with Crippen molar-refractivity contribution in [2.75, 3.05) is 29.5 Å². The minimum absolute atomic E-state index is 0.00457. The lowest BCUT2D eigenvalue weighted by Crippen LogP contribution is -2.13. The van der Waals surface area contributed by atoms with E-state index in [1.807, 2.05) is 29.8 Å². The van der Waals surface area contributed by atoms with Gasteiger partial charge < -0.3 is 26.2 Å². The predicted molar refractivity (Wildman–Crippen MR) is 119 cm³/mol. The molecule has 3 aromatic rings. The predicted octanol–water partition coefficient (Wildman–Crippen LogP) is 4.53. The Morgan fingerprint density at radius 2 is 2.07 bits per heavy atom. The maximum atomic E-state index is 12.6. The van der Waals surface area contributed by atoms with Crippen LogP contribution >= 0.6 is 22.9 Å². The Bertz CT molecular complexity index is 1010. The van der Waals surface area contributed by atoms with Crippen molar-refractivity contribution in [1.29, 1.82) is 0 Å². The number of ether oxygens (including phenoxy) is 1. The van der Waals surface area contributed by atoms with Crippen molar-refractivity contribution in [3.63, 3.8) is 0 Å². The Kier molecular flexibility index (Phi) is 6.98. The fourth-order valence-corrected chi connectivity index (χ4v) is 3.61. The van der Waals surface area contributed by atoms with Gasteiger partial charge in [-0.25, -0.2) is 0 Å². The molecule has 0 aliphatic rings. The topological polar surface area (TPSA) is 96.6 Å². The molecule has 0 fully saturated rings. The SMILES string of the molecule is Cc1ccc(NC(=O)c2ccc(NCCO)c(Cl)c2)cc1OCc1cscc1N. The molecule has 1 aromatic heterocycles. The van der Waals surface area contributed by atoms with Gasteiger partial charge in [0.05, 0.1) is 17.3 Å². The number of nitrogens with one attached hydrogen (secondary N) is 2. The van der Waals surface area contributed by atoms with E-state index < -0.39 is 0 Å². The van der Waals surface area contributed by atoms with Crippen LogP contribution in [0.15, 0.2) is 47.2 Å². The number of anilines is 3. The van der Waals surface area contributed by atoms with Gasteiger partial charge in [0.15, 0.2) is 0 Å². The minimum atomic E-state index is -0.280. The van der Waals surface area contributed by atoms with Crippen LogP contribution in [0.1, 0.15) is 21.5 Å². The van der Waals surface area contributed by atoms with Crippen LogP contribution in [0.2, 0.25) is 5.02 Å². The zero-order valence-corrected chi connectivity index (χ0v) is 17.4. The van der Waals surface area contributed by atoms with E-state index in [2.05, 4.69) is 10.6 Å². The highest BCUT2D eigenvalue weighted by molar-refractivity contribution is 7.08. The average Bonchev–Trinajstić information content (AvgIpc) is 3.12. The van der Waals surface area contributed by atoms with Crippen LogP contribution < -0.4 is 21.1 Å². The third kappa shape index (κ3) is 5.41. The Labute approximate surface area is 178 Å². The molecule has 2 aromatic carbocycles. The van der Waals surface area contributed by atoms with E-state index in [-0.39, 0.29) is 12.5 Å². The number of amides is 1. The molecule has 0 spiro atoms. The quantitative estimate of drug-likeness (QED) is 0.420. The highest BCUT2D eigenvalue weighted by atomic mass is 35.5. The van der Waals surface area contributed by atoms with Crippen molar-refractivity contribution in [1.82, 2.24) is 0 Å². The van der Waals surface area contributed by atoms with E-state index >= 15 is 0 Å². The van der Waals surface area contributed by atoms with Crippen LogP contribution in [0, 0.1) is 6.92 Å². The van der Waals surface area contributed by atoms with Crippen molar-refractivity contribution < 1.29 is 14.6 Å².